The number of phenolic OH excluding ortho intramolecular Hbond substituents is 1. The summed E-state index contributed by atoms with van der Waals surface area (Å²) in [5.74, 6) is 2.44. The molecule has 3 heterocycles. The van der Waals surface area contributed by atoms with Crippen LogP contribution in [0.3, 0.4) is 0 Å². The Morgan fingerprint density at radius 2 is 1.73 bits per heavy atom. The van der Waals surface area contributed by atoms with Crippen LogP contribution in [0.4, 0.5) is 10.7 Å². The van der Waals surface area contributed by atoms with Gasteiger partial charge in [0.2, 0.25) is 11.8 Å². The van der Waals surface area contributed by atoms with Gasteiger partial charge in [-0.1, -0.05) is 5.16 Å². The molecule has 3 aromatic heterocycles. The fourth-order valence-corrected chi connectivity index (χ4v) is 9.91. The number of nitrogens with one attached hydrogen (secondary N) is 2. The van der Waals surface area contributed by atoms with E-state index in [1.54, 1.807) is 35.4 Å². The van der Waals surface area contributed by atoms with Gasteiger partial charge in [-0.2, -0.15) is 4.98 Å². The highest BCUT2D eigenvalue weighted by atomic mass is 16.6. The van der Waals surface area contributed by atoms with Gasteiger partial charge in [0, 0.05) is 51.4 Å². The number of carbonyl (C=O) groups is 3. The van der Waals surface area contributed by atoms with Crippen molar-refractivity contribution in [3.63, 3.8) is 0 Å². The number of benzene rings is 1. The van der Waals surface area contributed by atoms with E-state index in [4.69, 9.17) is 25.7 Å². The number of amides is 3. The molecule has 0 spiro atoms. The summed E-state index contributed by atoms with van der Waals surface area (Å²) < 4.78 is 14.7. The van der Waals surface area contributed by atoms with Crippen molar-refractivity contribution in [3.8, 4) is 5.75 Å². The molecule has 4 saturated carbocycles. The van der Waals surface area contributed by atoms with Gasteiger partial charge >= 0.3 is 6.09 Å². The van der Waals surface area contributed by atoms with Crippen LogP contribution in [-0.4, -0.2) is 64.4 Å². The van der Waals surface area contributed by atoms with Crippen molar-refractivity contribution in [1.82, 2.24) is 39.9 Å². The summed E-state index contributed by atoms with van der Waals surface area (Å²) in [6.45, 7) is 4.07. The number of ether oxygens (including phenoxy) is 1. The number of nitrogens with zero attached hydrogens (tertiary/aromatic N) is 6. The van der Waals surface area contributed by atoms with Crippen LogP contribution in [0.2, 0.25) is 0 Å². The van der Waals surface area contributed by atoms with E-state index >= 15 is 0 Å². The first kappa shape index (κ1) is 37.9. The van der Waals surface area contributed by atoms with Crippen LogP contribution >= 0.6 is 0 Å². The van der Waals surface area contributed by atoms with E-state index < -0.39 is 36.1 Å². The first-order chi connectivity index (χ1) is 26.3. The molecule has 55 heavy (non-hydrogen) atoms. The van der Waals surface area contributed by atoms with Crippen molar-refractivity contribution in [1.29, 1.82) is 0 Å². The van der Waals surface area contributed by atoms with Gasteiger partial charge in [-0.05, 0) is 117 Å². The molecule has 3 atom stereocenters. The summed E-state index contributed by atoms with van der Waals surface area (Å²) in [6, 6.07) is 1.30. The lowest BCUT2D eigenvalue weighted by atomic mass is 9.49. The lowest BCUT2D eigenvalue weighted by Crippen LogP contribution is -2.52. The van der Waals surface area contributed by atoms with Gasteiger partial charge < -0.3 is 45.6 Å². The molecule has 2 unspecified atom stereocenters. The highest BCUT2D eigenvalue weighted by Crippen LogP contribution is 2.60. The van der Waals surface area contributed by atoms with E-state index in [1.165, 1.54) is 38.5 Å². The number of primary amides is 1. The van der Waals surface area contributed by atoms with Crippen LogP contribution in [0.5, 0.6) is 5.75 Å². The minimum atomic E-state index is -1.29. The maximum Gasteiger partial charge on any atom is 0.405 e. The zero-order valence-electron chi connectivity index (χ0n) is 31.7. The Hall–Kier alpha value is -5.41. The second kappa shape index (κ2) is 15.7. The second-order valence-corrected chi connectivity index (χ2v) is 16.3. The molecule has 8 rings (SSSR count). The molecule has 4 aliphatic carbocycles. The molecular formula is C39H52N10O6. The molecule has 4 bridgehead atoms. The van der Waals surface area contributed by atoms with Gasteiger partial charge in [0.1, 0.15) is 17.8 Å². The SMILES string of the molecule is Cc1cc(O)cc(C)c1CC(NC(=O)C(CCCn1ccnc1N)OC(N)=O)C(=O)N[C@@H](Cc1cn(C)cn1)c1nc(CC23CC4CC(CC(C4)C2)C3)no1. The minimum Gasteiger partial charge on any atom is -0.508 e. The summed E-state index contributed by atoms with van der Waals surface area (Å²) in [5, 5.41) is 20.6. The molecule has 1 aromatic carbocycles. The predicted octanol–water partition coefficient (Wildman–Crippen LogP) is 3.73. The lowest BCUT2D eigenvalue weighted by Gasteiger charge is -2.56. The van der Waals surface area contributed by atoms with Crippen molar-refractivity contribution < 1.29 is 28.8 Å². The topological polar surface area (TPSA) is 231 Å². The maximum absolute atomic E-state index is 14.5. The van der Waals surface area contributed by atoms with E-state index in [0.29, 0.717) is 30.4 Å². The largest absolute Gasteiger partial charge is 0.508 e. The number of aromatic nitrogens is 6. The molecule has 294 valence electrons. The summed E-state index contributed by atoms with van der Waals surface area (Å²) in [7, 11) is 1.86. The summed E-state index contributed by atoms with van der Waals surface area (Å²) in [4.78, 5) is 53.6. The number of aromatic hydroxyl groups is 1. The second-order valence-electron chi connectivity index (χ2n) is 16.3. The number of hydrogen-bond donors (Lipinski definition) is 5. The molecule has 4 fully saturated rings. The molecule has 0 saturated heterocycles. The molecule has 3 amide bonds. The Labute approximate surface area is 319 Å². The van der Waals surface area contributed by atoms with Crippen molar-refractivity contribution in [2.24, 2.45) is 36.0 Å². The molecule has 7 N–H and O–H groups in total. The molecule has 4 aromatic rings. The average molecular weight is 757 g/mol. The van der Waals surface area contributed by atoms with Crippen LogP contribution in [0, 0.1) is 37.0 Å². The maximum atomic E-state index is 14.5. The summed E-state index contributed by atoms with van der Waals surface area (Å²) in [6.07, 6.45) is 13.6. The molecule has 4 aliphatic rings. The standard InChI is InChI=1S/C39H52N10O6/c1-22-9-28(50)10-23(2)29(22)15-30(44-35(52)32(54-38(41)53)5-4-7-49-8-6-42-37(49)40)34(51)45-31(14-27-20-48(3)21-43-27)36-46-33(47-55-36)19-39-16-24-11-25(17-39)13-26(12-24)18-39/h6,8-10,20-21,24-26,30-32,50H,4-5,7,11-19H2,1-3H3,(H2,40,42)(H2,41,53)(H,44,52)(H,45,51)/t24?,25?,26?,30?,31-,32?,39?/m0/s1. The van der Waals surface area contributed by atoms with Crippen LogP contribution in [0.15, 0.2) is 41.6 Å². The zero-order valence-corrected chi connectivity index (χ0v) is 31.7. The normalized spacial score (nSPS) is 22.9. The van der Waals surface area contributed by atoms with Crippen molar-refractivity contribution in [2.45, 2.75) is 109 Å². The lowest BCUT2D eigenvalue weighted by molar-refractivity contribution is -0.134. The Balaban J connectivity index is 1.12. The number of hydrogen-bond acceptors (Lipinski definition) is 11. The Morgan fingerprint density at radius 3 is 2.33 bits per heavy atom. The number of phenols is 1. The highest BCUT2D eigenvalue weighted by molar-refractivity contribution is 5.90. The van der Waals surface area contributed by atoms with E-state index in [9.17, 15) is 19.5 Å². The predicted molar refractivity (Wildman–Crippen MR) is 200 cm³/mol. The number of nitrogens with two attached hydrogens (primary N) is 2. The van der Waals surface area contributed by atoms with E-state index in [1.807, 2.05) is 31.7 Å². The molecular weight excluding hydrogens is 704 g/mol. The average Bonchev–Trinajstić information content (AvgIpc) is 3.85. The van der Waals surface area contributed by atoms with Gasteiger partial charge in [0.25, 0.3) is 5.91 Å². The quantitative estimate of drug-likeness (QED) is 0.111. The van der Waals surface area contributed by atoms with E-state index in [0.717, 1.165) is 40.9 Å². The van der Waals surface area contributed by atoms with Gasteiger partial charge in [-0.3, -0.25) is 9.59 Å². The van der Waals surface area contributed by atoms with Crippen LogP contribution in [0.1, 0.15) is 91.5 Å². The fourth-order valence-electron chi connectivity index (χ4n) is 9.91. The smallest absolute Gasteiger partial charge is 0.405 e. The molecule has 0 radical (unpaired) electrons. The molecule has 16 nitrogen and oxygen atoms in total. The Bertz CT molecular complexity index is 1960. The zero-order chi connectivity index (χ0) is 38.9. The number of carbonyl (C=O) groups excluding carboxylic acids is 3. The number of rotatable bonds is 16. The first-order valence-electron chi connectivity index (χ1n) is 19.2. The Kier molecular flexibility index (Phi) is 10.8. The number of aryl methyl sites for hydroxylation is 4. The number of nitrogen functional groups attached to an aromatic ring is 1. The highest BCUT2D eigenvalue weighted by Gasteiger charge is 2.51. The van der Waals surface area contributed by atoms with E-state index in [-0.39, 0.29) is 36.3 Å². The molecule has 16 heteroatoms. The van der Waals surface area contributed by atoms with Crippen LogP contribution in [0.25, 0.3) is 0 Å². The Morgan fingerprint density at radius 1 is 1.04 bits per heavy atom. The number of anilines is 1. The van der Waals surface area contributed by atoms with Gasteiger partial charge in [-0.25, -0.2) is 14.8 Å². The van der Waals surface area contributed by atoms with E-state index in [2.05, 4.69) is 25.8 Å². The van der Waals surface area contributed by atoms with Gasteiger partial charge in [0.15, 0.2) is 17.9 Å². The van der Waals surface area contributed by atoms with Gasteiger partial charge in [-0.15, -0.1) is 0 Å². The summed E-state index contributed by atoms with van der Waals surface area (Å²) >= 11 is 0. The third-order valence-corrected chi connectivity index (χ3v) is 11.9. The monoisotopic (exact) mass is 756 g/mol. The first-order valence-corrected chi connectivity index (χ1v) is 19.2. The van der Waals surface area contributed by atoms with Crippen molar-refractivity contribution in [2.75, 3.05) is 5.73 Å². The minimum absolute atomic E-state index is 0.0712. The van der Waals surface area contributed by atoms with Gasteiger partial charge in [0.05, 0.1) is 12.0 Å². The molecule has 0 aliphatic heterocycles. The third-order valence-electron chi connectivity index (χ3n) is 11.9. The number of imidazole rings is 2. The van der Waals surface area contributed by atoms with Crippen molar-refractivity contribution >= 4 is 23.9 Å². The van der Waals surface area contributed by atoms with Crippen LogP contribution in [-0.2, 0) is 47.2 Å². The van der Waals surface area contributed by atoms with Crippen LogP contribution < -0.4 is 22.1 Å². The fraction of sp³-hybridized carbons (Fsp3) is 0.564. The third kappa shape index (κ3) is 8.94. The van der Waals surface area contributed by atoms with Crippen molar-refractivity contribution in [3.05, 3.63) is 71.1 Å². The summed E-state index contributed by atoms with van der Waals surface area (Å²) in [5.41, 5.74) is 14.4.